The highest BCUT2D eigenvalue weighted by molar-refractivity contribution is 6.09. The molecule has 2 aromatic carbocycles. The van der Waals surface area contributed by atoms with Crippen LogP contribution >= 0.6 is 0 Å². The third-order valence-corrected chi connectivity index (χ3v) is 4.29. The van der Waals surface area contributed by atoms with Gasteiger partial charge < -0.3 is 4.57 Å². The Kier molecular flexibility index (Phi) is 4.15. The van der Waals surface area contributed by atoms with E-state index < -0.39 is 5.91 Å². The summed E-state index contributed by atoms with van der Waals surface area (Å²) in [7, 11) is 0. The summed E-state index contributed by atoms with van der Waals surface area (Å²) in [6, 6.07) is 14.5. The van der Waals surface area contributed by atoms with Crippen molar-refractivity contribution >= 4 is 33.9 Å². The van der Waals surface area contributed by atoms with Crippen molar-refractivity contribution in [3.05, 3.63) is 72.3 Å². The molecule has 1 amide bonds. The number of fused-ring (bicyclic) bond motifs is 3. The van der Waals surface area contributed by atoms with Crippen LogP contribution in [0.25, 0.3) is 21.8 Å². The van der Waals surface area contributed by atoms with Gasteiger partial charge in [-0.2, -0.15) is 5.10 Å². The summed E-state index contributed by atoms with van der Waals surface area (Å²) in [5.41, 5.74) is 6.02. The van der Waals surface area contributed by atoms with Crippen LogP contribution in [-0.4, -0.2) is 26.7 Å². The van der Waals surface area contributed by atoms with Crippen molar-refractivity contribution < 1.29 is 4.79 Å². The number of carbonyl (C=O) groups excluding carboxylic acids is 1. The standard InChI is InChI=1S/C20H17N5O/c1-2-25-18-6-4-3-5-15(18)16-11-14(7-8-19(16)25)12-23-24-20(26)17-13-21-9-10-22-17/h3-13H,2H2,1H3,(H,24,26). The molecule has 0 unspecified atom stereocenters. The molecule has 0 bridgehead atoms. The Hall–Kier alpha value is -3.54. The topological polar surface area (TPSA) is 72.2 Å². The Morgan fingerprint density at radius 2 is 2.00 bits per heavy atom. The third kappa shape index (κ3) is 2.82. The molecule has 0 saturated heterocycles. The van der Waals surface area contributed by atoms with E-state index in [2.05, 4.69) is 62.3 Å². The fraction of sp³-hybridized carbons (Fsp3) is 0.100. The maximum atomic E-state index is 11.9. The summed E-state index contributed by atoms with van der Waals surface area (Å²) in [5.74, 6) is -0.391. The Morgan fingerprint density at radius 3 is 2.81 bits per heavy atom. The molecular weight excluding hydrogens is 326 g/mol. The van der Waals surface area contributed by atoms with E-state index in [9.17, 15) is 4.79 Å². The maximum Gasteiger partial charge on any atom is 0.291 e. The lowest BCUT2D eigenvalue weighted by Gasteiger charge is -2.02. The summed E-state index contributed by atoms with van der Waals surface area (Å²) in [5, 5.41) is 6.42. The molecule has 128 valence electrons. The van der Waals surface area contributed by atoms with Crippen LogP contribution in [0, 0.1) is 0 Å². The summed E-state index contributed by atoms with van der Waals surface area (Å²) in [6.07, 6.45) is 6.01. The number of nitrogens with one attached hydrogen (secondary N) is 1. The molecule has 0 fully saturated rings. The average molecular weight is 343 g/mol. The van der Waals surface area contributed by atoms with E-state index in [1.165, 1.54) is 40.4 Å². The molecule has 26 heavy (non-hydrogen) atoms. The predicted molar refractivity (Wildman–Crippen MR) is 102 cm³/mol. The van der Waals surface area contributed by atoms with Crippen LogP contribution in [0.4, 0.5) is 0 Å². The highest BCUT2D eigenvalue weighted by Gasteiger charge is 2.09. The van der Waals surface area contributed by atoms with E-state index in [0.29, 0.717) is 0 Å². The van der Waals surface area contributed by atoms with Crippen molar-refractivity contribution in [1.29, 1.82) is 0 Å². The first kappa shape index (κ1) is 16.0. The first-order chi connectivity index (χ1) is 12.8. The normalized spacial score (nSPS) is 11.4. The molecule has 0 aliphatic heterocycles. The van der Waals surface area contributed by atoms with Gasteiger partial charge in [-0.3, -0.25) is 9.78 Å². The number of nitrogens with zero attached hydrogens (tertiary/aromatic N) is 4. The highest BCUT2D eigenvalue weighted by Crippen LogP contribution is 2.29. The number of amides is 1. The van der Waals surface area contributed by atoms with Gasteiger partial charge in [-0.1, -0.05) is 24.3 Å². The SMILES string of the molecule is CCn1c2ccccc2c2cc(C=NNC(=O)c3cnccn3)ccc21. The Labute approximate surface area is 150 Å². The lowest BCUT2D eigenvalue weighted by Crippen LogP contribution is -2.19. The third-order valence-electron chi connectivity index (χ3n) is 4.29. The molecule has 4 aromatic rings. The van der Waals surface area contributed by atoms with Gasteiger partial charge in [0.1, 0.15) is 5.69 Å². The Bertz CT molecular complexity index is 1120. The molecule has 0 aliphatic rings. The van der Waals surface area contributed by atoms with E-state index in [1.54, 1.807) is 6.21 Å². The number of rotatable bonds is 4. The lowest BCUT2D eigenvalue weighted by molar-refractivity contribution is 0.0949. The number of hydrogen-bond acceptors (Lipinski definition) is 4. The zero-order chi connectivity index (χ0) is 17.9. The van der Waals surface area contributed by atoms with Crippen LogP contribution < -0.4 is 5.43 Å². The number of carbonyl (C=O) groups is 1. The number of benzene rings is 2. The van der Waals surface area contributed by atoms with Crippen molar-refractivity contribution in [2.24, 2.45) is 5.10 Å². The second-order valence-electron chi connectivity index (χ2n) is 5.83. The number of hydrazone groups is 1. The van der Waals surface area contributed by atoms with E-state index in [1.807, 2.05) is 12.1 Å². The molecule has 6 heteroatoms. The lowest BCUT2D eigenvalue weighted by atomic mass is 10.1. The maximum absolute atomic E-state index is 11.9. The quantitative estimate of drug-likeness (QED) is 0.456. The van der Waals surface area contributed by atoms with Crippen LogP contribution in [0.15, 0.2) is 66.2 Å². The summed E-state index contributed by atoms with van der Waals surface area (Å²) in [6.45, 7) is 3.05. The zero-order valence-corrected chi connectivity index (χ0v) is 14.3. The van der Waals surface area contributed by atoms with Crippen LogP contribution in [-0.2, 0) is 6.54 Å². The molecule has 2 heterocycles. The van der Waals surface area contributed by atoms with Gasteiger partial charge in [0, 0.05) is 40.7 Å². The molecule has 0 saturated carbocycles. The number of para-hydroxylation sites is 1. The molecule has 0 aliphatic carbocycles. The molecule has 0 atom stereocenters. The highest BCUT2D eigenvalue weighted by atomic mass is 16.2. The first-order valence-corrected chi connectivity index (χ1v) is 8.38. The first-order valence-electron chi connectivity index (χ1n) is 8.38. The van der Waals surface area contributed by atoms with Crippen molar-refractivity contribution in [3.63, 3.8) is 0 Å². The number of hydrogen-bond donors (Lipinski definition) is 1. The zero-order valence-electron chi connectivity index (χ0n) is 14.3. The smallest absolute Gasteiger partial charge is 0.291 e. The molecule has 1 N–H and O–H groups in total. The average Bonchev–Trinajstić information content (AvgIpc) is 3.01. The van der Waals surface area contributed by atoms with Crippen molar-refractivity contribution in [1.82, 2.24) is 20.0 Å². The summed E-state index contributed by atoms with van der Waals surface area (Å²) < 4.78 is 2.29. The second-order valence-corrected chi connectivity index (χ2v) is 5.83. The van der Waals surface area contributed by atoms with Gasteiger partial charge in [-0.05, 0) is 30.7 Å². The van der Waals surface area contributed by atoms with Gasteiger partial charge >= 0.3 is 0 Å². The van der Waals surface area contributed by atoms with Crippen molar-refractivity contribution in [2.45, 2.75) is 13.5 Å². The largest absolute Gasteiger partial charge is 0.341 e. The van der Waals surface area contributed by atoms with E-state index in [-0.39, 0.29) is 5.69 Å². The summed E-state index contributed by atoms with van der Waals surface area (Å²) in [4.78, 5) is 19.7. The van der Waals surface area contributed by atoms with Gasteiger partial charge in [-0.25, -0.2) is 10.4 Å². The Morgan fingerprint density at radius 1 is 1.15 bits per heavy atom. The molecule has 4 rings (SSSR count). The van der Waals surface area contributed by atoms with Gasteiger partial charge in [0.25, 0.3) is 5.91 Å². The van der Waals surface area contributed by atoms with Gasteiger partial charge in [0.2, 0.25) is 0 Å². The molecule has 0 spiro atoms. The number of aromatic nitrogens is 3. The van der Waals surface area contributed by atoms with E-state index in [4.69, 9.17) is 0 Å². The minimum Gasteiger partial charge on any atom is -0.341 e. The summed E-state index contributed by atoms with van der Waals surface area (Å²) >= 11 is 0. The molecular formula is C20H17N5O. The van der Waals surface area contributed by atoms with Crippen LogP contribution in [0.3, 0.4) is 0 Å². The van der Waals surface area contributed by atoms with E-state index in [0.717, 1.165) is 12.1 Å². The Balaban J connectivity index is 1.63. The fourth-order valence-electron chi connectivity index (χ4n) is 3.13. The fourth-order valence-corrected chi connectivity index (χ4v) is 3.13. The van der Waals surface area contributed by atoms with Crippen molar-refractivity contribution in [3.8, 4) is 0 Å². The second kappa shape index (κ2) is 6.76. The molecule has 2 aromatic heterocycles. The monoisotopic (exact) mass is 343 g/mol. The van der Waals surface area contributed by atoms with E-state index >= 15 is 0 Å². The minimum absolute atomic E-state index is 0.228. The number of aryl methyl sites for hydroxylation is 1. The van der Waals surface area contributed by atoms with Crippen LogP contribution in [0.2, 0.25) is 0 Å². The van der Waals surface area contributed by atoms with Crippen molar-refractivity contribution in [2.75, 3.05) is 0 Å². The van der Waals surface area contributed by atoms with Gasteiger partial charge in [-0.15, -0.1) is 0 Å². The van der Waals surface area contributed by atoms with Crippen LogP contribution in [0.1, 0.15) is 23.0 Å². The molecule has 0 radical (unpaired) electrons. The van der Waals surface area contributed by atoms with Crippen LogP contribution in [0.5, 0.6) is 0 Å². The minimum atomic E-state index is -0.391. The van der Waals surface area contributed by atoms with Gasteiger partial charge in [0.15, 0.2) is 0 Å². The van der Waals surface area contributed by atoms with Gasteiger partial charge in [0.05, 0.1) is 12.4 Å². The predicted octanol–water partition coefficient (Wildman–Crippen LogP) is 3.37. The molecule has 6 nitrogen and oxygen atoms in total.